The third kappa shape index (κ3) is 5.23. The maximum atomic E-state index is 11.9. The number of thioether (sulfide) groups is 1. The SMILES string of the molecule is COC(=O)CCCOc1ccc(NC(=O)C2CSCN2)cc1. The van der Waals surface area contributed by atoms with Crippen LogP contribution in [0.4, 0.5) is 5.69 Å². The van der Waals surface area contributed by atoms with Gasteiger partial charge in [-0.15, -0.1) is 11.8 Å². The topological polar surface area (TPSA) is 76.7 Å². The van der Waals surface area contributed by atoms with E-state index in [-0.39, 0.29) is 17.9 Å². The van der Waals surface area contributed by atoms with E-state index in [1.807, 2.05) is 0 Å². The van der Waals surface area contributed by atoms with Crippen LogP contribution in [-0.2, 0) is 14.3 Å². The number of anilines is 1. The molecular formula is C15H20N2O4S. The van der Waals surface area contributed by atoms with Gasteiger partial charge in [0.2, 0.25) is 5.91 Å². The van der Waals surface area contributed by atoms with Crippen molar-refractivity contribution in [2.45, 2.75) is 18.9 Å². The van der Waals surface area contributed by atoms with Crippen LogP contribution in [-0.4, -0.2) is 43.3 Å². The van der Waals surface area contributed by atoms with Gasteiger partial charge in [-0.25, -0.2) is 0 Å². The van der Waals surface area contributed by atoms with E-state index in [2.05, 4.69) is 15.4 Å². The molecule has 1 fully saturated rings. The highest BCUT2D eigenvalue weighted by Crippen LogP contribution is 2.17. The van der Waals surface area contributed by atoms with Crippen LogP contribution in [0.5, 0.6) is 5.75 Å². The van der Waals surface area contributed by atoms with Crippen molar-refractivity contribution < 1.29 is 19.1 Å². The Bertz CT molecular complexity index is 501. The Morgan fingerprint density at radius 3 is 2.77 bits per heavy atom. The molecule has 1 atom stereocenters. The van der Waals surface area contributed by atoms with Crippen molar-refractivity contribution in [3.8, 4) is 5.75 Å². The summed E-state index contributed by atoms with van der Waals surface area (Å²) < 4.78 is 10.1. The summed E-state index contributed by atoms with van der Waals surface area (Å²) in [6, 6.07) is 7.07. The molecular weight excluding hydrogens is 304 g/mol. The first-order valence-corrected chi connectivity index (χ1v) is 8.26. The Kier molecular flexibility index (Phi) is 6.54. The zero-order valence-corrected chi connectivity index (χ0v) is 13.3. The lowest BCUT2D eigenvalue weighted by Gasteiger charge is -2.11. The smallest absolute Gasteiger partial charge is 0.305 e. The molecule has 0 spiro atoms. The molecule has 22 heavy (non-hydrogen) atoms. The second-order valence-electron chi connectivity index (χ2n) is 4.81. The summed E-state index contributed by atoms with van der Waals surface area (Å²) in [6.45, 7) is 0.448. The molecule has 6 nitrogen and oxygen atoms in total. The van der Waals surface area contributed by atoms with Crippen molar-refractivity contribution >= 4 is 29.3 Å². The molecule has 0 radical (unpaired) electrons. The Morgan fingerprint density at radius 1 is 1.36 bits per heavy atom. The molecule has 1 heterocycles. The molecule has 120 valence electrons. The van der Waals surface area contributed by atoms with Gasteiger partial charge in [0.25, 0.3) is 0 Å². The van der Waals surface area contributed by atoms with E-state index in [9.17, 15) is 9.59 Å². The van der Waals surface area contributed by atoms with Gasteiger partial charge in [-0.05, 0) is 30.7 Å². The molecule has 0 saturated carbocycles. The Morgan fingerprint density at radius 2 is 2.14 bits per heavy atom. The number of hydrogen-bond acceptors (Lipinski definition) is 6. The highest BCUT2D eigenvalue weighted by Gasteiger charge is 2.22. The van der Waals surface area contributed by atoms with Crippen molar-refractivity contribution in [3.63, 3.8) is 0 Å². The summed E-state index contributed by atoms with van der Waals surface area (Å²) in [4.78, 5) is 22.9. The summed E-state index contributed by atoms with van der Waals surface area (Å²) in [6.07, 6.45) is 0.952. The van der Waals surface area contributed by atoms with Crippen LogP contribution in [0.2, 0.25) is 0 Å². The largest absolute Gasteiger partial charge is 0.494 e. The standard InChI is InChI=1S/C15H20N2O4S/c1-20-14(18)3-2-8-21-12-6-4-11(5-7-12)17-15(19)13-9-22-10-16-13/h4-7,13,16H,2-3,8-10H2,1H3,(H,17,19). The first-order chi connectivity index (χ1) is 10.7. The van der Waals surface area contributed by atoms with Gasteiger partial charge in [0.05, 0.1) is 19.8 Å². The molecule has 1 aromatic rings. The molecule has 2 N–H and O–H groups in total. The third-order valence-corrected chi connectivity index (χ3v) is 4.12. The van der Waals surface area contributed by atoms with Crippen LogP contribution in [0.1, 0.15) is 12.8 Å². The van der Waals surface area contributed by atoms with Crippen LogP contribution in [0.25, 0.3) is 0 Å². The Hall–Kier alpha value is -1.73. The second-order valence-corrected chi connectivity index (χ2v) is 5.84. The minimum Gasteiger partial charge on any atom is -0.494 e. The minimum atomic E-state index is -0.236. The van der Waals surface area contributed by atoms with Gasteiger partial charge < -0.3 is 14.8 Å². The third-order valence-electron chi connectivity index (χ3n) is 3.18. The predicted octanol–water partition coefficient (Wildman–Crippen LogP) is 1.62. The molecule has 1 aromatic carbocycles. The second kappa shape index (κ2) is 8.65. The molecule has 7 heteroatoms. The molecule has 1 unspecified atom stereocenters. The average Bonchev–Trinajstić information content (AvgIpc) is 3.07. The van der Waals surface area contributed by atoms with E-state index < -0.39 is 0 Å². The highest BCUT2D eigenvalue weighted by atomic mass is 32.2. The summed E-state index contributed by atoms with van der Waals surface area (Å²) in [5, 5.41) is 5.99. The van der Waals surface area contributed by atoms with Gasteiger partial charge in [-0.1, -0.05) is 0 Å². The van der Waals surface area contributed by atoms with Crippen molar-refractivity contribution in [1.82, 2.24) is 5.32 Å². The average molecular weight is 324 g/mol. The van der Waals surface area contributed by atoms with Crippen molar-refractivity contribution in [3.05, 3.63) is 24.3 Å². The van der Waals surface area contributed by atoms with E-state index in [1.165, 1.54) is 7.11 Å². The fourth-order valence-corrected chi connectivity index (χ4v) is 2.88. The number of amides is 1. The molecule has 1 amide bonds. The molecule has 0 aromatic heterocycles. The Labute approximate surface area is 133 Å². The lowest BCUT2D eigenvalue weighted by Crippen LogP contribution is -2.37. The molecule has 2 rings (SSSR count). The van der Waals surface area contributed by atoms with Gasteiger partial charge in [0.1, 0.15) is 5.75 Å². The number of rotatable bonds is 7. The molecule has 1 aliphatic rings. The summed E-state index contributed by atoms with van der Waals surface area (Å²) in [5.41, 5.74) is 0.741. The van der Waals surface area contributed by atoms with E-state index in [4.69, 9.17) is 4.74 Å². The summed E-state index contributed by atoms with van der Waals surface area (Å²) >= 11 is 1.71. The monoisotopic (exact) mass is 324 g/mol. The lowest BCUT2D eigenvalue weighted by atomic mass is 10.2. The summed E-state index contributed by atoms with van der Waals surface area (Å²) in [5.74, 6) is 2.07. The van der Waals surface area contributed by atoms with Gasteiger partial charge in [0, 0.05) is 23.7 Å². The van der Waals surface area contributed by atoms with E-state index in [0.29, 0.717) is 25.2 Å². The van der Waals surface area contributed by atoms with E-state index >= 15 is 0 Å². The number of nitrogens with one attached hydrogen (secondary N) is 2. The first-order valence-electron chi connectivity index (χ1n) is 7.10. The maximum Gasteiger partial charge on any atom is 0.305 e. The Balaban J connectivity index is 1.73. The predicted molar refractivity (Wildman–Crippen MR) is 86.1 cm³/mol. The molecule has 1 aliphatic heterocycles. The van der Waals surface area contributed by atoms with Gasteiger partial charge in [0.15, 0.2) is 0 Å². The van der Waals surface area contributed by atoms with Crippen molar-refractivity contribution in [2.75, 3.05) is 30.7 Å². The number of carbonyl (C=O) groups is 2. The van der Waals surface area contributed by atoms with Crippen LogP contribution < -0.4 is 15.4 Å². The number of benzene rings is 1. The lowest BCUT2D eigenvalue weighted by molar-refractivity contribution is -0.140. The fraction of sp³-hybridized carbons (Fsp3) is 0.467. The van der Waals surface area contributed by atoms with Gasteiger partial charge in [-0.2, -0.15) is 0 Å². The quantitative estimate of drug-likeness (QED) is 0.586. The van der Waals surface area contributed by atoms with Gasteiger partial charge >= 0.3 is 5.97 Å². The highest BCUT2D eigenvalue weighted by molar-refractivity contribution is 7.99. The number of hydrogen-bond donors (Lipinski definition) is 2. The zero-order valence-electron chi connectivity index (χ0n) is 12.5. The maximum absolute atomic E-state index is 11.9. The molecule has 1 saturated heterocycles. The molecule has 0 aliphatic carbocycles. The number of ether oxygens (including phenoxy) is 2. The van der Waals surface area contributed by atoms with Crippen molar-refractivity contribution in [2.24, 2.45) is 0 Å². The number of carbonyl (C=O) groups excluding carboxylic acids is 2. The van der Waals surface area contributed by atoms with Crippen LogP contribution in [0.3, 0.4) is 0 Å². The van der Waals surface area contributed by atoms with Crippen molar-refractivity contribution in [1.29, 1.82) is 0 Å². The minimum absolute atomic E-state index is 0.0169. The first kappa shape index (κ1) is 16.6. The zero-order chi connectivity index (χ0) is 15.8. The van der Waals surface area contributed by atoms with Gasteiger partial charge in [-0.3, -0.25) is 14.9 Å². The van der Waals surface area contributed by atoms with Crippen LogP contribution in [0.15, 0.2) is 24.3 Å². The van der Waals surface area contributed by atoms with Crippen LogP contribution in [0, 0.1) is 0 Å². The summed E-state index contributed by atoms with van der Waals surface area (Å²) in [7, 11) is 1.37. The number of methoxy groups -OCH3 is 1. The van der Waals surface area contributed by atoms with E-state index in [0.717, 1.165) is 17.3 Å². The molecule has 0 bridgehead atoms. The van der Waals surface area contributed by atoms with Crippen LogP contribution >= 0.6 is 11.8 Å². The fourth-order valence-electron chi connectivity index (χ4n) is 1.94. The normalized spacial score (nSPS) is 17.0. The number of esters is 1. The van der Waals surface area contributed by atoms with E-state index in [1.54, 1.807) is 36.0 Å².